The molecule has 2 atom stereocenters. The summed E-state index contributed by atoms with van der Waals surface area (Å²) in [6.45, 7) is 8.01. The molecule has 2 fully saturated rings. The van der Waals surface area contributed by atoms with E-state index in [-0.39, 0.29) is 17.8 Å². The van der Waals surface area contributed by atoms with Crippen molar-refractivity contribution in [1.82, 2.24) is 5.16 Å². The monoisotopic (exact) mass is 366 g/mol. The Kier molecular flexibility index (Phi) is 4.13. The largest absolute Gasteiger partial charge is 0.465 e. The van der Waals surface area contributed by atoms with Crippen molar-refractivity contribution < 1.29 is 18.8 Å². The van der Waals surface area contributed by atoms with Crippen molar-refractivity contribution >= 4 is 17.6 Å². The molecule has 0 radical (unpaired) electrons. The number of hydrogen-bond donors (Lipinski definition) is 1. The molecule has 140 valence electrons. The van der Waals surface area contributed by atoms with Gasteiger partial charge in [0.05, 0.1) is 17.7 Å². The molecule has 1 aliphatic carbocycles. The standard InChI is InChI=1S/C21H22N2O4/c1-12-8-16-11-26-20(25)21(16,9-12)10-15-4-6-17(7-5-15)22-19(24)18-13(2)23-27-14(18)3/h4-7,16H,1,8-11H2,2-3H3,(H,22,24). The normalized spacial score (nSPS) is 24.0. The van der Waals surface area contributed by atoms with Crippen LogP contribution in [0.5, 0.6) is 0 Å². The number of nitrogens with one attached hydrogen (secondary N) is 1. The molecule has 0 bridgehead atoms. The first kappa shape index (κ1) is 17.5. The first-order valence-electron chi connectivity index (χ1n) is 9.06. The molecule has 27 heavy (non-hydrogen) atoms. The van der Waals surface area contributed by atoms with Crippen LogP contribution in [0.4, 0.5) is 5.69 Å². The Morgan fingerprint density at radius 1 is 1.33 bits per heavy atom. The van der Waals surface area contributed by atoms with Gasteiger partial charge in [-0.3, -0.25) is 9.59 Å². The Labute approximate surface area is 157 Å². The topological polar surface area (TPSA) is 81.4 Å². The number of fused-ring (bicyclic) bond motifs is 1. The fourth-order valence-electron chi connectivity index (χ4n) is 4.33. The van der Waals surface area contributed by atoms with Gasteiger partial charge in [-0.15, -0.1) is 0 Å². The van der Waals surface area contributed by atoms with Crippen molar-refractivity contribution in [1.29, 1.82) is 0 Å². The molecule has 2 unspecified atom stereocenters. The number of allylic oxidation sites excluding steroid dienone is 1. The second-order valence-electron chi connectivity index (χ2n) is 7.61. The molecule has 1 aromatic carbocycles. The van der Waals surface area contributed by atoms with E-state index in [1.165, 1.54) is 0 Å². The lowest BCUT2D eigenvalue weighted by molar-refractivity contribution is -0.146. The zero-order valence-corrected chi connectivity index (χ0v) is 15.5. The van der Waals surface area contributed by atoms with Gasteiger partial charge >= 0.3 is 5.97 Å². The maximum Gasteiger partial charge on any atom is 0.313 e. The number of carbonyl (C=O) groups excluding carboxylic acids is 2. The van der Waals surface area contributed by atoms with Crippen molar-refractivity contribution in [2.24, 2.45) is 11.3 Å². The number of amides is 1. The molecular weight excluding hydrogens is 344 g/mol. The van der Waals surface area contributed by atoms with Crippen LogP contribution in [-0.2, 0) is 16.0 Å². The lowest BCUT2D eigenvalue weighted by atomic mass is 9.75. The van der Waals surface area contributed by atoms with Gasteiger partial charge in [-0.1, -0.05) is 29.4 Å². The molecule has 1 amide bonds. The van der Waals surface area contributed by atoms with Gasteiger partial charge < -0.3 is 14.6 Å². The first-order valence-corrected chi connectivity index (χ1v) is 9.06. The molecule has 4 rings (SSSR count). The molecule has 0 spiro atoms. The summed E-state index contributed by atoms with van der Waals surface area (Å²) >= 11 is 0. The van der Waals surface area contributed by atoms with Crippen molar-refractivity contribution in [2.75, 3.05) is 11.9 Å². The fourth-order valence-corrected chi connectivity index (χ4v) is 4.33. The van der Waals surface area contributed by atoms with Gasteiger partial charge in [0.2, 0.25) is 0 Å². The fraction of sp³-hybridized carbons (Fsp3) is 0.381. The molecule has 1 aromatic heterocycles. The van der Waals surface area contributed by atoms with Crippen LogP contribution < -0.4 is 5.32 Å². The Balaban J connectivity index is 1.49. The highest BCUT2D eigenvalue weighted by Crippen LogP contribution is 2.52. The molecule has 1 N–H and O–H groups in total. The lowest BCUT2D eigenvalue weighted by Crippen LogP contribution is -2.31. The minimum absolute atomic E-state index is 0.109. The molecule has 6 heteroatoms. The van der Waals surface area contributed by atoms with Crippen LogP contribution in [-0.4, -0.2) is 23.6 Å². The minimum atomic E-state index is -0.474. The quantitative estimate of drug-likeness (QED) is 0.660. The van der Waals surface area contributed by atoms with E-state index < -0.39 is 5.41 Å². The average Bonchev–Trinajstić information content (AvgIpc) is 3.22. The highest BCUT2D eigenvalue weighted by molar-refractivity contribution is 6.05. The van der Waals surface area contributed by atoms with Crippen LogP contribution in [0.2, 0.25) is 0 Å². The van der Waals surface area contributed by atoms with Crippen LogP contribution in [0.15, 0.2) is 40.9 Å². The van der Waals surface area contributed by atoms with Gasteiger partial charge in [-0.2, -0.15) is 0 Å². The maximum absolute atomic E-state index is 12.4. The van der Waals surface area contributed by atoms with Crippen LogP contribution in [0.25, 0.3) is 0 Å². The lowest BCUT2D eigenvalue weighted by Gasteiger charge is -2.24. The number of ether oxygens (including phenoxy) is 1. The Morgan fingerprint density at radius 3 is 2.74 bits per heavy atom. The summed E-state index contributed by atoms with van der Waals surface area (Å²) < 4.78 is 10.4. The minimum Gasteiger partial charge on any atom is -0.465 e. The number of anilines is 1. The SMILES string of the molecule is C=C1CC2COC(=O)C2(Cc2ccc(NC(=O)c3c(C)noc3C)cc2)C1. The number of hydrogen-bond acceptors (Lipinski definition) is 5. The third-order valence-electron chi connectivity index (χ3n) is 5.70. The number of aryl methyl sites for hydroxylation is 2. The third kappa shape index (κ3) is 2.95. The van der Waals surface area contributed by atoms with Gasteiger partial charge in [0.15, 0.2) is 0 Å². The smallest absolute Gasteiger partial charge is 0.313 e. The number of benzene rings is 1. The van der Waals surface area contributed by atoms with E-state index in [1.807, 2.05) is 24.3 Å². The summed E-state index contributed by atoms with van der Waals surface area (Å²) in [6, 6.07) is 7.59. The first-order chi connectivity index (χ1) is 12.9. The van der Waals surface area contributed by atoms with Crippen LogP contribution in [0, 0.1) is 25.2 Å². The maximum atomic E-state index is 12.4. The van der Waals surface area contributed by atoms with E-state index in [4.69, 9.17) is 9.26 Å². The van der Waals surface area contributed by atoms with Crippen molar-refractivity contribution in [3.8, 4) is 0 Å². The van der Waals surface area contributed by atoms with E-state index >= 15 is 0 Å². The zero-order valence-electron chi connectivity index (χ0n) is 15.5. The molecule has 1 saturated carbocycles. The van der Waals surface area contributed by atoms with Crippen molar-refractivity contribution in [3.63, 3.8) is 0 Å². The summed E-state index contributed by atoms with van der Waals surface area (Å²) in [5.74, 6) is 0.357. The summed E-state index contributed by atoms with van der Waals surface area (Å²) in [7, 11) is 0. The predicted octanol–water partition coefficient (Wildman–Crippen LogP) is 3.60. The average molecular weight is 366 g/mol. The van der Waals surface area contributed by atoms with Gasteiger partial charge in [0.1, 0.15) is 11.3 Å². The Hall–Kier alpha value is -2.89. The van der Waals surface area contributed by atoms with E-state index in [1.54, 1.807) is 13.8 Å². The molecule has 6 nitrogen and oxygen atoms in total. The molecule has 1 aliphatic heterocycles. The summed E-state index contributed by atoms with van der Waals surface area (Å²) in [6.07, 6.45) is 2.19. The summed E-state index contributed by atoms with van der Waals surface area (Å²) in [5.41, 5.74) is 3.40. The summed E-state index contributed by atoms with van der Waals surface area (Å²) in [5, 5.41) is 6.67. The number of esters is 1. The van der Waals surface area contributed by atoms with Crippen LogP contribution in [0.3, 0.4) is 0 Å². The van der Waals surface area contributed by atoms with E-state index in [9.17, 15) is 9.59 Å². The van der Waals surface area contributed by atoms with E-state index in [0.717, 1.165) is 17.6 Å². The summed E-state index contributed by atoms with van der Waals surface area (Å²) in [4.78, 5) is 24.8. The second kappa shape index (κ2) is 6.37. The highest BCUT2D eigenvalue weighted by Gasteiger charge is 2.55. The molecular formula is C21H22N2O4. The number of aromatic nitrogens is 1. The molecule has 1 saturated heterocycles. The van der Waals surface area contributed by atoms with Gasteiger partial charge in [0.25, 0.3) is 5.91 Å². The zero-order chi connectivity index (χ0) is 19.2. The number of cyclic esters (lactones) is 1. The highest BCUT2D eigenvalue weighted by atomic mass is 16.5. The van der Waals surface area contributed by atoms with Crippen LogP contribution >= 0.6 is 0 Å². The molecule has 2 aliphatic rings. The number of rotatable bonds is 4. The van der Waals surface area contributed by atoms with Gasteiger partial charge in [-0.25, -0.2) is 0 Å². The van der Waals surface area contributed by atoms with Gasteiger partial charge in [0, 0.05) is 11.6 Å². The van der Waals surface area contributed by atoms with E-state index in [2.05, 4.69) is 17.1 Å². The van der Waals surface area contributed by atoms with E-state index in [0.29, 0.717) is 42.2 Å². The predicted molar refractivity (Wildman–Crippen MR) is 99.3 cm³/mol. The van der Waals surface area contributed by atoms with Crippen molar-refractivity contribution in [2.45, 2.75) is 33.1 Å². The van der Waals surface area contributed by atoms with Gasteiger partial charge in [-0.05, 0) is 50.8 Å². The Bertz CT molecular complexity index is 909. The second-order valence-corrected chi connectivity index (χ2v) is 7.61. The van der Waals surface area contributed by atoms with Crippen LogP contribution in [0.1, 0.15) is 40.2 Å². The number of nitrogens with zero attached hydrogens (tertiary/aromatic N) is 1. The number of carbonyl (C=O) groups is 2. The Morgan fingerprint density at radius 2 is 2.07 bits per heavy atom. The third-order valence-corrected chi connectivity index (χ3v) is 5.70. The van der Waals surface area contributed by atoms with Crippen molar-refractivity contribution in [3.05, 3.63) is 59.0 Å². The molecule has 2 heterocycles. The molecule has 2 aromatic rings.